The molecule has 1 N–H and O–H groups in total. The summed E-state index contributed by atoms with van der Waals surface area (Å²) in [5, 5.41) is 9.00. The van der Waals surface area contributed by atoms with E-state index in [0.717, 1.165) is 16.7 Å². The van der Waals surface area contributed by atoms with Gasteiger partial charge in [-0.05, 0) is 59.8 Å². The van der Waals surface area contributed by atoms with Gasteiger partial charge in [-0.3, -0.25) is 9.59 Å². The van der Waals surface area contributed by atoms with E-state index >= 15 is 0 Å². The van der Waals surface area contributed by atoms with Crippen molar-refractivity contribution in [3.05, 3.63) is 69.6 Å². The molecule has 120 valence electrons. The van der Waals surface area contributed by atoms with Crippen molar-refractivity contribution in [2.45, 2.75) is 0 Å². The number of carbonyl (C=O) groups is 3. The van der Waals surface area contributed by atoms with Gasteiger partial charge in [0.15, 0.2) is 0 Å². The monoisotopic (exact) mass is 359 g/mol. The number of hydrogen-bond acceptors (Lipinski definition) is 4. The maximum absolute atomic E-state index is 12.5. The lowest BCUT2D eigenvalue weighted by Crippen LogP contribution is -2.27. The lowest BCUT2D eigenvalue weighted by Gasteiger charge is -2.12. The number of carbonyl (C=O) groups excluding carboxylic acids is 2. The Kier molecular flexibility index (Phi) is 4.42. The molecule has 1 heterocycles. The Labute approximate surface area is 146 Å². The lowest BCUT2D eigenvalue weighted by molar-refractivity contribution is -0.113. The van der Waals surface area contributed by atoms with Crippen LogP contribution in [0.3, 0.4) is 0 Å². The third-order valence-electron chi connectivity index (χ3n) is 3.33. The zero-order valence-corrected chi connectivity index (χ0v) is 13.7. The van der Waals surface area contributed by atoms with Crippen LogP contribution in [0.2, 0.25) is 5.02 Å². The van der Waals surface area contributed by atoms with E-state index in [1.54, 1.807) is 42.5 Å². The molecule has 2 aromatic carbocycles. The number of amides is 2. The van der Waals surface area contributed by atoms with Crippen LogP contribution in [0.1, 0.15) is 15.9 Å². The van der Waals surface area contributed by atoms with Crippen molar-refractivity contribution in [2.75, 3.05) is 4.90 Å². The van der Waals surface area contributed by atoms with Gasteiger partial charge in [-0.1, -0.05) is 23.7 Å². The summed E-state index contributed by atoms with van der Waals surface area (Å²) < 4.78 is 0. The second-order valence-electron chi connectivity index (χ2n) is 4.92. The van der Waals surface area contributed by atoms with Crippen LogP contribution in [-0.4, -0.2) is 22.2 Å². The van der Waals surface area contributed by atoms with Crippen LogP contribution in [-0.2, 0) is 4.79 Å². The van der Waals surface area contributed by atoms with Gasteiger partial charge in [0.05, 0.1) is 16.2 Å². The third-order valence-corrected chi connectivity index (χ3v) is 4.46. The van der Waals surface area contributed by atoms with Gasteiger partial charge in [-0.25, -0.2) is 9.69 Å². The second-order valence-corrected chi connectivity index (χ2v) is 6.35. The summed E-state index contributed by atoms with van der Waals surface area (Å²) in [5.41, 5.74) is 1.24. The van der Waals surface area contributed by atoms with E-state index in [0.29, 0.717) is 16.3 Å². The van der Waals surface area contributed by atoms with Crippen molar-refractivity contribution in [1.29, 1.82) is 0 Å². The highest BCUT2D eigenvalue weighted by Crippen LogP contribution is 2.36. The molecule has 0 unspecified atom stereocenters. The van der Waals surface area contributed by atoms with Crippen LogP contribution in [0.5, 0.6) is 0 Å². The van der Waals surface area contributed by atoms with E-state index < -0.39 is 17.1 Å². The Morgan fingerprint density at radius 1 is 1.04 bits per heavy atom. The summed E-state index contributed by atoms with van der Waals surface area (Å²) in [6.45, 7) is 0. The number of anilines is 1. The van der Waals surface area contributed by atoms with Crippen molar-refractivity contribution < 1.29 is 19.5 Å². The number of carboxylic acids is 1. The molecule has 1 saturated heterocycles. The first kappa shape index (κ1) is 16.3. The Balaban J connectivity index is 1.87. The number of carboxylic acid groups (broad SMARTS) is 1. The van der Waals surface area contributed by atoms with Gasteiger partial charge in [0.2, 0.25) is 0 Å². The summed E-state index contributed by atoms with van der Waals surface area (Å²) in [5.74, 6) is -1.45. The van der Waals surface area contributed by atoms with Crippen molar-refractivity contribution in [3.63, 3.8) is 0 Å². The van der Waals surface area contributed by atoms with E-state index in [-0.39, 0.29) is 10.5 Å². The van der Waals surface area contributed by atoms with E-state index in [1.807, 2.05) is 0 Å². The summed E-state index contributed by atoms with van der Waals surface area (Å²) >= 11 is 6.65. The summed E-state index contributed by atoms with van der Waals surface area (Å²) in [6.07, 6.45) is 1.56. The fourth-order valence-electron chi connectivity index (χ4n) is 2.15. The van der Waals surface area contributed by atoms with E-state index in [2.05, 4.69) is 0 Å². The van der Waals surface area contributed by atoms with Crippen LogP contribution in [0, 0.1) is 0 Å². The molecule has 0 aliphatic carbocycles. The number of aromatic carboxylic acids is 1. The molecular weight excluding hydrogens is 350 g/mol. The Bertz CT molecular complexity index is 859. The summed E-state index contributed by atoms with van der Waals surface area (Å²) in [4.78, 5) is 36.8. The lowest BCUT2D eigenvalue weighted by atomic mass is 10.1. The average molecular weight is 360 g/mol. The summed E-state index contributed by atoms with van der Waals surface area (Å²) in [7, 11) is 0. The van der Waals surface area contributed by atoms with E-state index in [1.165, 1.54) is 12.1 Å². The number of rotatable bonds is 3. The number of benzene rings is 2. The van der Waals surface area contributed by atoms with Crippen LogP contribution < -0.4 is 4.90 Å². The molecule has 5 nitrogen and oxygen atoms in total. The standard InChI is InChI=1S/C17H10ClNO4S/c18-12-5-7-13(8-6-12)19-15(20)14(24-17(19)23)9-10-1-3-11(4-2-10)16(21)22/h1-9H,(H,21,22). The van der Waals surface area contributed by atoms with Crippen LogP contribution in [0.4, 0.5) is 10.5 Å². The molecule has 0 spiro atoms. The maximum atomic E-state index is 12.5. The Hall–Kier alpha value is -2.57. The predicted molar refractivity (Wildman–Crippen MR) is 93.3 cm³/mol. The van der Waals surface area contributed by atoms with Crippen molar-refractivity contribution >= 4 is 52.2 Å². The predicted octanol–water partition coefficient (Wildman–Crippen LogP) is 4.28. The second kappa shape index (κ2) is 6.51. The highest BCUT2D eigenvalue weighted by atomic mass is 35.5. The first-order valence-electron chi connectivity index (χ1n) is 6.82. The molecular formula is C17H10ClNO4S. The molecule has 3 rings (SSSR count). The minimum Gasteiger partial charge on any atom is -0.478 e. The minimum absolute atomic E-state index is 0.154. The third kappa shape index (κ3) is 3.20. The van der Waals surface area contributed by atoms with Crippen LogP contribution >= 0.6 is 23.4 Å². The first-order chi connectivity index (χ1) is 11.5. The normalized spacial score (nSPS) is 16.0. The number of hydrogen-bond donors (Lipinski definition) is 1. The molecule has 0 bridgehead atoms. The molecule has 0 atom stereocenters. The smallest absolute Gasteiger partial charge is 0.335 e. The molecule has 0 radical (unpaired) electrons. The van der Waals surface area contributed by atoms with Crippen LogP contribution in [0.15, 0.2) is 53.4 Å². The quantitative estimate of drug-likeness (QED) is 0.828. The molecule has 2 amide bonds. The average Bonchev–Trinajstić information content (AvgIpc) is 2.83. The SMILES string of the molecule is O=C(O)c1ccc(C=C2SC(=O)N(c3ccc(Cl)cc3)C2=O)cc1. The topological polar surface area (TPSA) is 74.7 Å². The first-order valence-corrected chi connectivity index (χ1v) is 8.02. The van der Waals surface area contributed by atoms with Crippen molar-refractivity contribution in [3.8, 4) is 0 Å². The number of nitrogens with zero attached hydrogens (tertiary/aromatic N) is 1. The number of thioether (sulfide) groups is 1. The van der Waals surface area contributed by atoms with Gasteiger partial charge in [0.25, 0.3) is 11.1 Å². The molecule has 24 heavy (non-hydrogen) atoms. The van der Waals surface area contributed by atoms with E-state index in [9.17, 15) is 14.4 Å². The van der Waals surface area contributed by atoms with Gasteiger partial charge in [0.1, 0.15) is 0 Å². The Morgan fingerprint density at radius 3 is 2.25 bits per heavy atom. The number of halogens is 1. The zero-order valence-electron chi connectivity index (χ0n) is 12.1. The fraction of sp³-hybridized carbons (Fsp3) is 0. The molecule has 1 fully saturated rings. The van der Waals surface area contributed by atoms with Gasteiger partial charge in [-0.15, -0.1) is 0 Å². The van der Waals surface area contributed by atoms with Gasteiger partial charge >= 0.3 is 5.97 Å². The molecule has 0 aromatic heterocycles. The van der Waals surface area contributed by atoms with E-state index in [4.69, 9.17) is 16.7 Å². The van der Waals surface area contributed by atoms with Crippen molar-refractivity contribution in [1.82, 2.24) is 0 Å². The molecule has 1 aliphatic heterocycles. The van der Waals surface area contributed by atoms with Crippen LogP contribution in [0.25, 0.3) is 6.08 Å². The fourth-order valence-corrected chi connectivity index (χ4v) is 3.12. The van der Waals surface area contributed by atoms with Gasteiger partial charge in [0, 0.05) is 5.02 Å². The highest BCUT2D eigenvalue weighted by molar-refractivity contribution is 8.19. The molecule has 2 aromatic rings. The number of imide groups is 1. The van der Waals surface area contributed by atoms with Crippen molar-refractivity contribution in [2.24, 2.45) is 0 Å². The minimum atomic E-state index is -1.02. The largest absolute Gasteiger partial charge is 0.478 e. The molecule has 0 saturated carbocycles. The summed E-state index contributed by atoms with van der Waals surface area (Å²) in [6, 6.07) is 12.5. The molecule has 1 aliphatic rings. The Morgan fingerprint density at radius 2 is 1.67 bits per heavy atom. The van der Waals surface area contributed by atoms with Gasteiger partial charge < -0.3 is 5.11 Å². The van der Waals surface area contributed by atoms with Gasteiger partial charge in [-0.2, -0.15) is 0 Å². The molecule has 7 heteroatoms. The maximum Gasteiger partial charge on any atom is 0.335 e. The zero-order chi connectivity index (χ0) is 17.3. The highest BCUT2D eigenvalue weighted by Gasteiger charge is 2.36.